The first-order valence-electron chi connectivity index (χ1n) is 9.07. The van der Waals surface area contributed by atoms with E-state index in [1.54, 1.807) is 0 Å². The maximum absolute atomic E-state index is 6.86. The highest BCUT2D eigenvalue weighted by Gasteiger charge is 2.50. The number of benzene rings is 4. The summed E-state index contributed by atoms with van der Waals surface area (Å²) in [6, 6.07) is 31.5. The Kier molecular flexibility index (Phi) is 2.93. The standard InChI is InChI=1S/C25H15ClO/c26-16-13-14-23-20(15-16)18-8-2-5-11-22(18)25(23)21-10-4-1-7-17(21)19-9-3-6-12-24(19)27-25/h1-15H. The van der Waals surface area contributed by atoms with Crippen LogP contribution in [0.2, 0.25) is 5.02 Å². The van der Waals surface area contributed by atoms with Gasteiger partial charge < -0.3 is 4.74 Å². The minimum absolute atomic E-state index is 0.651. The van der Waals surface area contributed by atoms with Gasteiger partial charge in [-0.25, -0.2) is 0 Å². The number of hydrogen-bond donors (Lipinski definition) is 0. The quantitative estimate of drug-likeness (QED) is 0.337. The lowest BCUT2D eigenvalue weighted by Gasteiger charge is -2.39. The van der Waals surface area contributed by atoms with Gasteiger partial charge in [-0.1, -0.05) is 84.4 Å². The summed E-state index contributed by atoms with van der Waals surface area (Å²) >= 11 is 6.36. The Balaban J connectivity index is 1.78. The van der Waals surface area contributed by atoms with Crippen LogP contribution in [0.4, 0.5) is 0 Å². The second-order valence-corrected chi connectivity index (χ2v) is 7.50. The van der Waals surface area contributed by atoms with Crippen molar-refractivity contribution in [2.24, 2.45) is 0 Å². The summed E-state index contributed by atoms with van der Waals surface area (Å²) in [4.78, 5) is 0. The van der Waals surface area contributed by atoms with Crippen LogP contribution in [0.5, 0.6) is 5.75 Å². The largest absolute Gasteiger partial charge is 0.472 e. The van der Waals surface area contributed by atoms with E-state index in [4.69, 9.17) is 16.3 Å². The van der Waals surface area contributed by atoms with E-state index in [2.05, 4.69) is 78.9 Å². The maximum Gasteiger partial charge on any atom is 0.186 e. The number of hydrogen-bond acceptors (Lipinski definition) is 1. The first kappa shape index (κ1) is 15.1. The molecule has 4 aromatic rings. The summed E-state index contributed by atoms with van der Waals surface area (Å²) in [6.45, 7) is 0. The van der Waals surface area contributed by atoms with E-state index in [0.717, 1.165) is 27.5 Å². The van der Waals surface area contributed by atoms with Crippen molar-refractivity contribution in [2.75, 3.05) is 0 Å². The van der Waals surface area contributed by atoms with Crippen molar-refractivity contribution in [3.05, 3.63) is 113 Å². The molecule has 0 fully saturated rings. The molecular weight excluding hydrogens is 352 g/mol. The lowest BCUT2D eigenvalue weighted by atomic mass is 9.78. The molecule has 0 amide bonds. The molecule has 1 heterocycles. The molecule has 128 valence electrons. The van der Waals surface area contributed by atoms with Crippen molar-refractivity contribution in [1.82, 2.24) is 0 Å². The highest BCUT2D eigenvalue weighted by Crippen LogP contribution is 2.58. The minimum Gasteiger partial charge on any atom is -0.472 e. The monoisotopic (exact) mass is 366 g/mol. The second kappa shape index (κ2) is 5.25. The summed E-state index contributed by atoms with van der Waals surface area (Å²) in [5.41, 5.74) is 7.53. The molecule has 1 nitrogen and oxygen atoms in total. The molecule has 0 saturated heterocycles. The summed E-state index contributed by atoms with van der Waals surface area (Å²) in [5, 5.41) is 0.741. The number of ether oxygens (including phenoxy) is 1. The minimum atomic E-state index is -0.651. The highest BCUT2D eigenvalue weighted by atomic mass is 35.5. The van der Waals surface area contributed by atoms with Gasteiger partial charge in [-0.15, -0.1) is 0 Å². The zero-order valence-corrected chi connectivity index (χ0v) is 15.2. The van der Waals surface area contributed by atoms with Crippen molar-refractivity contribution in [1.29, 1.82) is 0 Å². The van der Waals surface area contributed by atoms with Gasteiger partial charge in [0.25, 0.3) is 0 Å². The van der Waals surface area contributed by atoms with Crippen molar-refractivity contribution < 1.29 is 4.74 Å². The molecule has 1 atom stereocenters. The van der Waals surface area contributed by atoms with E-state index in [9.17, 15) is 0 Å². The first-order chi connectivity index (χ1) is 13.3. The summed E-state index contributed by atoms with van der Waals surface area (Å²) in [7, 11) is 0. The average molecular weight is 367 g/mol. The number of rotatable bonds is 0. The van der Waals surface area contributed by atoms with E-state index < -0.39 is 5.60 Å². The Hall–Kier alpha value is -3.03. The molecule has 2 aliphatic rings. The zero-order chi connectivity index (χ0) is 18.0. The molecular formula is C25H15ClO. The van der Waals surface area contributed by atoms with Crippen LogP contribution in [0, 0.1) is 0 Å². The van der Waals surface area contributed by atoms with Gasteiger partial charge in [0.15, 0.2) is 5.60 Å². The van der Waals surface area contributed by atoms with E-state index in [1.807, 2.05) is 12.1 Å². The average Bonchev–Trinajstić information content (AvgIpc) is 2.98. The van der Waals surface area contributed by atoms with Crippen molar-refractivity contribution in [3.63, 3.8) is 0 Å². The zero-order valence-electron chi connectivity index (χ0n) is 14.4. The van der Waals surface area contributed by atoms with Crippen LogP contribution in [0.3, 0.4) is 0 Å². The lowest BCUT2D eigenvalue weighted by Crippen LogP contribution is -2.36. The van der Waals surface area contributed by atoms with E-state index in [1.165, 1.54) is 22.3 Å². The molecule has 0 aromatic heterocycles. The first-order valence-corrected chi connectivity index (χ1v) is 9.45. The maximum atomic E-state index is 6.86. The topological polar surface area (TPSA) is 9.23 Å². The van der Waals surface area contributed by atoms with Crippen molar-refractivity contribution in [2.45, 2.75) is 5.60 Å². The molecule has 1 spiro atoms. The Bertz CT molecular complexity index is 1230. The predicted octanol–water partition coefficient (Wildman–Crippen LogP) is 6.67. The molecule has 4 aromatic carbocycles. The molecule has 1 aliphatic heterocycles. The van der Waals surface area contributed by atoms with Crippen molar-refractivity contribution in [3.8, 4) is 28.0 Å². The molecule has 1 aliphatic carbocycles. The van der Waals surface area contributed by atoms with E-state index in [-0.39, 0.29) is 0 Å². The highest BCUT2D eigenvalue weighted by molar-refractivity contribution is 6.31. The smallest absolute Gasteiger partial charge is 0.186 e. The molecule has 0 bridgehead atoms. The van der Waals surface area contributed by atoms with Gasteiger partial charge in [-0.2, -0.15) is 0 Å². The van der Waals surface area contributed by atoms with Gasteiger partial charge in [0.2, 0.25) is 0 Å². The lowest BCUT2D eigenvalue weighted by molar-refractivity contribution is 0.157. The summed E-state index contributed by atoms with van der Waals surface area (Å²) in [5.74, 6) is 0.911. The van der Waals surface area contributed by atoms with Crippen LogP contribution in [0.15, 0.2) is 91.0 Å². The third-order valence-electron chi connectivity index (χ3n) is 5.70. The van der Waals surface area contributed by atoms with Crippen LogP contribution < -0.4 is 4.74 Å². The Morgan fingerprint density at radius 1 is 0.556 bits per heavy atom. The van der Waals surface area contributed by atoms with Crippen LogP contribution in [0.25, 0.3) is 22.3 Å². The number of fused-ring (bicyclic) bond motifs is 9. The number of halogens is 1. The molecule has 6 rings (SSSR count). The summed E-state index contributed by atoms with van der Waals surface area (Å²) in [6.07, 6.45) is 0. The molecule has 0 N–H and O–H groups in total. The normalized spacial score (nSPS) is 18.3. The second-order valence-electron chi connectivity index (χ2n) is 7.06. The molecule has 1 unspecified atom stereocenters. The third kappa shape index (κ3) is 1.85. The fourth-order valence-electron chi connectivity index (χ4n) is 4.64. The number of para-hydroxylation sites is 1. The Morgan fingerprint density at radius 2 is 1.11 bits per heavy atom. The SMILES string of the molecule is Clc1ccc2c(c1)-c1ccccc1C21Oc2ccccc2-c2ccccc21. The fourth-order valence-corrected chi connectivity index (χ4v) is 4.81. The molecule has 2 heteroatoms. The van der Waals surface area contributed by atoms with Crippen LogP contribution in [-0.4, -0.2) is 0 Å². The van der Waals surface area contributed by atoms with Gasteiger partial charge in [0.1, 0.15) is 5.75 Å². The van der Waals surface area contributed by atoms with Gasteiger partial charge in [0.05, 0.1) is 0 Å². The van der Waals surface area contributed by atoms with Gasteiger partial charge in [-0.05, 0) is 34.9 Å². The van der Waals surface area contributed by atoms with E-state index in [0.29, 0.717) is 0 Å². The third-order valence-corrected chi connectivity index (χ3v) is 5.94. The van der Waals surface area contributed by atoms with Crippen LogP contribution in [-0.2, 0) is 5.60 Å². The van der Waals surface area contributed by atoms with Gasteiger partial charge in [0, 0.05) is 27.3 Å². The fraction of sp³-hybridized carbons (Fsp3) is 0.0400. The van der Waals surface area contributed by atoms with Gasteiger partial charge in [-0.3, -0.25) is 0 Å². The Labute approximate surface area is 162 Å². The predicted molar refractivity (Wildman–Crippen MR) is 109 cm³/mol. The Morgan fingerprint density at radius 3 is 1.85 bits per heavy atom. The molecule has 27 heavy (non-hydrogen) atoms. The van der Waals surface area contributed by atoms with Crippen molar-refractivity contribution >= 4 is 11.6 Å². The van der Waals surface area contributed by atoms with Gasteiger partial charge >= 0.3 is 0 Å². The summed E-state index contributed by atoms with van der Waals surface area (Å²) < 4.78 is 6.86. The molecule has 0 saturated carbocycles. The van der Waals surface area contributed by atoms with E-state index >= 15 is 0 Å². The van der Waals surface area contributed by atoms with Crippen LogP contribution >= 0.6 is 11.6 Å². The van der Waals surface area contributed by atoms with Crippen LogP contribution in [0.1, 0.15) is 16.7 Å². The molecule has 0 radical (unpaired) electrons.